The van der Waals surface area contributed by atoms with Crippen LogP contribution in [0.2, 0.25) is 0 Å². The Kier molecular flexibility index (Phi) is 7.47. The number of sulfonamides is 1. The molecule has 0 saturated carbocycles. The van der Waals surface area contributed by atoms with E-state index in [1.54, 1.807) is 11.0 Å². The van der Waals surface area contributed by atoms with Crippen LogP contribution >= 0.6 is 12.4 Å². The molecule has 0 spiro atoms. The summed E-state index contributed by atoms with van der Waals surface area (Å²) in [6.07, 6.45) is 1.96. The smallest absolute Gasteiger partial charge is 0.253 e. The largest absolute Gasteiger partial charge is 0.495 e. The van der Waals surface area contributed by atoms with Gasteiger partial charge in [-0.05, 0) is 45.1 Å². The number of nitrogens with one attached hydrogen (secondary N) is 2. The molecule has 1 fully saturated rings. The molecule has 9 heteroatoms. The monoisotopic (exact) mass is 377 g/mol. The van der Waals surface area contributed by atoms with Crippen LogP contribution in [0.5, 0.6) is 5.75 Å². The second kappa shape index (κ2) is 8.66. The number of methoxy groups -OCH3 is 1. The number of halogens is 1. The van der Waals surface area contributed by atoms with E-state index in [0.717, 1.165) is 12.8 Å². The summed E-state index contributed by atoms with van der Waals surface area (Å²) in [7, 11) is 0.899. The van der Waals surface area contributed by atoms with Crippen molar-refractivity contribution in [3.05, 3.63) is 23.8 Å². The first-order valence-electron chi connectivity index (χ1n) is 7.51. The lowest BCUT2D eigenvalue weighted by atomic mass is 10.0. The SMILES string of the molecule is CNC1CCCN(C(=O)c2ccc(OC)c(S(=O)(=O)NC)c2)C1.Cl. The fourth-order valence-corrected chi connectivity index (χ4v) is 3.63. The van der Waals surface area contributed by atoms with E-state index in [-0.39, 0.29) is 35.0 Å². The molecule has 24 heavy (non-hydrogen) atoms. The Balaban J connectivity index is 0.00000288. The minimum atomic E-state index is -3.70. The molecule has 1 heterocycles. The van der Waals surface area contributed by atoms with E-state index >= 15 is 0 Å². The number of benzene rings is 1. The molecule has 0 aliphatic carbocycles. The number of carbonyl (C=O) groups excluding carboxylic acids is 1. The standard InChI is InChI=1S/C15H23N3O4S.ClH/c1-16-12-5-4-8-18(10-12)15(19)11-6-7-13(22-3)14(9-11)23(20,21)17-2;/h6-7,9,12,16-17H,4-5,8,10H2,1-3H3;1H. The Bertz CT molecular complexity index is 681. The highest BCUT2D eigenvalue weighted by Crippen LogP contribution is 2.25. The lowest BCUT2D eigenvalue weighted by Crippen LogP contribution is -2.47. The van der Waals surface area contributed by atoms with Crippen LogP contribution < -0.4 is 14.8 Å². The highest BCUT2D eigenvalue weighted by molar-refractivity contribution is 7.89. The van der Waals surface area contributed by atoms with Gasteiger partial charge in [0.05, 0.1) is 7.11 Å². The van der Waals surface area contributed by atoms with E-state index < -0.39 is 10.0 Å². The molecule has 1 aliphatic heterocycles. The Morgan fingerprint density at radius 3 is 2.62 bits per heavy atom. The summed E-state index contributed by atoms with van der Waals surface area (Å²) in [5, 5.41) is 3.18. The maximum atomic E-state index is 12.7. The molecule has 1 saturated heterocycles. The second-order valence-corrected chi connectivity index (χ2v) is 7.31. The van der Waals surface area contributed by atoms with E-state index in [4.69, 9.17) is 4.74 Å². The summed E-state index contributed by atoms with van der Waals surface area (Å²) in [5.41, 5.74) is 0.344. The Morgan fingerprint density at radius 2 is 2.04 bits per heavy atom. The average Bonchev–Trinajstić information content (AvgIpc) is 2.60. The van der Waals surface area contributed by atoms with Gasteiger partial charge in [-0.15, -0.1) is 12.4 Å². The number of hydrogen-bond acceptors (Lipinski definition) is 5. The van der Waals surface area contributed by atoms with Crippen LogP contribution in [-0.2, 0) is 10.0 Å². The van der Waals surface area contributed by atoms with Gasteiger partial charge in [0.2, 0.25) is 10.0 Å². The minimum Gasteiger partial charge on any atom is -0.495 e. The Hall–Kier alpha value is -1.35. The maximum absolute atomic E-state index is 12.7. The summed E-state index contributed by atoms with van der Waals surface area (Å²) in [5.74, 6) is 0.0443. The van der Waals surface area contributed by atoms with Gasteiger partial charge in [0.25, 0.3) is 5.91 Å². The van der Waals surface area contributed by atoms with Crippen LogP contribution in [0.15, 0.2) is 23.1 Å². The van der Waals surface area contributed by atoms with Crippen molar-refractivity contribution < 1.29 is 17.9 Å². The van der Waals surface area contributed by atoms with E-state index in [0.29, 0.717) is 18.7 Å². The Labute approximate surface area is 149 Å². The van der Waals surface area contributed by atoms with Gasteiger partial charge in [-0.1, -0.05) is 0 Å². The van der Waals surface area contributed by atoms with Gasteiger partial charge in [-0.25, -0.2) is 13.1 Å². The maximum Gasteiger partial charge on any atom is 0.253 e. The molecule has 1 aliphatic rings. The van der Waals surface area contributed by atoms with Crippen molar-refractivity contribution in [2.24, 2.45) is 0 Å². The highest BCUT2D eigenvalue weighted by atomic mass is 35.5. The van der Waals surface area contributed by atoms with Crippen molar-refractivity contribution >= 4 is 28.3 Å². The Morgan fingerprint density at radius 1 is 1.33 bits per heavy atom. The summed E-state index contributed by atoms with van der Waals surface area (Å²) < 4.78 is 31.6. The lowest BCUT2D eigenvalue weighted by Gasteiger charge is -2.32. The van der Waals surface area contributed by atoms with Crippen molar-refractivity contribution in [2.75, 3.05) is 34.3 Å². The molecule has 1 aromatic rings. The molecule has 2 rings (SSSR count). The zero-order valence-corrected chi connectivity index (χ0v) is 15.7. The zero-order valence-electron chi connectivity index (χ0n) is 14.0. The predicted molar refractivity (Wildman–Crippen MR) is 94.5 cm³/mol. The quantitative estimate of drug-likeness (QED) is 0.794. The van der Waals surface area contributed by atoms with Crippen LogP contribution in [0, 0.1) is 0 Å². The predicted octanol–water partition coefficient (Wildman–Crippen LogP) is 0.849. The fraction of sp³-hybridized carbons (Fsp3) is 0.533. The first-order valence-corrected chi connectivity index (χ1v) is 8.99. The number of likely N-dealkylation sites (N-methyl/N-ethyl adjacent to an activating group) is 1. The number of amides is 1. The molecule has 0 radical (unpaired) electrons. The molecule has 7 nitrogen and oxygen atoms in total. The molecular formula is C15H24ClN3O4S. The van der Waals surface area contributed by atoms with Gasteiger partial charge in [0, 0.05) is 24.7 Å². The lowest BCUT2D eigenvalue weighted by molar-refractivity contribution is 0.0698. The van der Waals surface area contributed by atoms with Crippen LogP contribution in [-0.4, -0.2) is 59.6 Å². The number of piperidine rings is 1. The zero-order chi connectivity index (χ0) is 17.0. The van der Waals surface area contributed by atoms with Gasteiger partial charge in [-0.3, -0.25) is 4.79 Å². The van der Waals surface area contributed by atoms with Gasteiger partial charge in [0.1, 0.15) is 10.6 Å². The molecular weight excluding hydrogens is 354 g/mol. The second-order valence-electron chi connectivity index (χ2n) is 5.45. The molecule has 0 bridgehead atoms. The number of hydrogen-bond donors (Lipinski definition) is 2. The number of ether oxygens (including phenoxy) is 1. The molecule has 1 aromatic carbocycles. The number of nitrogens with zero attached hydrogens (tertiary/aromatic N) is 1. The minimum absolute atomic E-state index is 0. The van der Waals surface area contributed by atoms with Gasteiger partial charge in [-0.2, -0.15) is 0 Å². The summed E-state index contributed by atoms with van der Waals surface area (Å²) in [6.45, 7) is 1.30. The average molecular weight is 378 g/mol. The topological polar surface area (TPSA) is 87.7 Å². The highest BCUT2D eigenvalue weighted by Gasteiger charge is 2.26. The molecule has 1 atom stereocenters. The van der Waals surface area contributed by atoms with Crippen molar-refractivity contribution in [3.8, 4) is 5.75 Å². The summed E-state index contributed by atoms with van der Waals surface area (Å²) in [4.78, 5) is 14.4. The number of likely N-dealkylation sites (tertiary alicyclic amines) is 1. The van der Waals surface area contributed by atoms with E-state index in [2.05, 4.69) is 10.0 Å². The van der Waals surface area contributed by atoms with E-state index in [1.807, 2.05) is 7.05 Å². The van der Waals surface area contributed by atoms with E-state index in [9.17, 15) is 13.2 Å². The number of carbonyl (C=O) groups is 1. The van der Waals surface area contributed by atoms with Gasteiger partial charge < -0.3 is 15.0 Å². The first kappa shape index (κ1) is 20.7. The van der Waals surface area contributed by atoms with Gasteiger partial charge >= 0.3 is 0 Å². The molecule has 1 amide bonds. The third kappa shape index (κ3) is 4.38. The van der Waals surface area contributed by atoms with Crippen molar-refractivity contribution in [1.29, 1.82) is 0 Å². The van der Waals surface area contributed by atoms with Crippen molar-refractivity contribution in [3.63, 3.8) is 0 Å². The molecule has 2 N–H and O–H groups in total. The van der Waals surface area contributed by atoms with Crippen LogP contribution in [0.1, 0.15) is 23.2 Å². The van der Waals surface area contributed by atoms with Crippen LogP contribution in [0.3, 0.4) is 0 Å². The van der Waals surface area contributed by atoms with Crippen molar-refractivity contribution in [1.82, 2.24) is 14.9 Å². The normalized spacial score (nSPS) is 18.0. The summed E-state index contributed by atoms with van der Waals surface area (Å²) in [6, 6.07) is 4.75. The van der Waals surface area contributed by atoms with Crippen LogP contribution in [0.4, 0.5) is 0 Å². The molecule has 1 unspecified atom stereocenters. The van der Waals surface area contributed by atoms with E-state index in [1.165, 1.54) is 26.3 Å². The van der Waals surface area contributed by atoms with Crippen molar-refractivity contribution in [2.45, 2.75) is 23.8 Å². The molecule has 0 aromatic heterocycles. The first-order chi connectivity index (χ1) is 10.9. The fourth-order valence-electron chi connectivity index (χ4n) is 2.71. The third-order valence-corrected chi connectivity index (χ3v) is 5.52. The molecule has 136 valence electrons. The number of rotatable bonds is 5. The summed E-state index contributed by atoms with van der Waals surface area (Å²) >= 11 is 0. The van der Waals surface area contributed by atoms with Crippen LogP contribution in [0.25, 0.3) is 0 Å². The third-order valence-electron chi connectivity index (χ3n) is 4.09. The van der Waals surface area contributed by atoms with Gasteiger partial charge in [0.15, 0.2) is 0 Å².